The van der Waals surface area contributed by atoms with Gasteiger partial charge in [-0.2, -0.15) is 0 Å². The van der Waals surface area contributed by atoms with Crippen LogP contribution in [0.1, 0.15) is 35.9 Å². The highest BCUT2D eigenvalue weighted by Gasteiger charge is 2.22. The summed E-state index contributed by atoms with van der Waals surface area (Å²) in [5, 5.41) is 17.3. The van der Waals surface area contributed by atoms with Gasteiger partial charge in [-0.15, -0.1) is 5.10 Å². The third kappa shape index (κ3) is 2.22. The second-order valence-corrected chi connectivity index (χ2v) is 4.61. The molecule has 0 saturated carbocycles. The SMILES string of the molecule is CC(C)c1c(C(=O)O)nnn1-c1ccc(Cl)cc1. The summed E-state index contributed by atoms with van der Waals surface area (Å²) in [6, 6.07) is 7.00. The van der Waals surface area contributed by atoms with Gasteiger partial charge in [0.25, 0.3) is 0 Å². The summed E-state index contributed by atoms with van der Waals surface area (Å²) < 4.78 is 1.53. The summed E-state index contributed by atoms with van der Waals surface area (Å²) in [5.74, 6) is -1.07. The molecular formula is C12H12ClN3O2. The molecule has 0 aliphatic carbocycles. The number of halogens is 1. The first-order valence-electron chi connectivity index (χ1n) is 5.45. The molecule has 0 bridgehead atoms. The molecule has 0 unspecified atom stereocenters. The second-order valence-electron chi connectivity index (χ2n) is 4.17. The van der Waals surface area contributed by atoms with Gasteiger partial charge in [-0.25, -0.2) is 9.48 Å². The Bertz CT molecular complexity index is 576. The van der Waals surface area contributed by atoms with Gasteiger partial charge in [-0.05, 0) is 30.2 Å². The van der Waals surface area contributed by atoms with Gasteiger partial charge in [0.15, 0.2) is 5.69 Å². The van der Waals surface area contributed by atoms with E-state index in [0.29, 0.717) is 10.7 Å². The highest BCUT2D eigenvalue weighted by atomic mass is 35.5. The van der Waals surface area contributed by atoms with Gasteiger partial charge in [-0.1, -0.05) is 30.7 Å². The molecule has 1 heterocycles. The van der Waals surface area contributed by atoms with Crippen LogP contribution >= 0.6 is 11.6 Å². The Morgan fingerprint density at radius 1 is 1.33 bits per heavy atom. The van der Waals surface area contributed by atoms with E-state index >= 15 is 0 Å². The van der Waals surface area contributed by atoms with Gasteiger partial charge in [-0.3, -0.25) is 0 Å². The molecule has 94 valence electrons. The van der Waals surface area contributed by atoms with Gasteiger partial charge in [0.05, 0.1) is 11.4 Å². The average molecular weight is 266 g/mol. The molecule has 0 saturated heterocycles. The van der Waals surface area contributed by atoms with Crippen LogP contribution in [0.2, 0.25) is 5.02 Å². The Hall–Kier alpha value is -1.88. The normalized spacial score (nSPS) is 10.9. The summed E-state index contributed by atoms with van der Waals surface area (Å²) in [6.07, 6.45) is 0. The fourth-order valence-electron chi connectivity index (χ4n) is 1.73. The molecule has 0 atom stereocenters. The number of carboxylic acids is 1. The minimum Gasteiger partial charge on any atom is -0.476 e. The van der Waals surface area contributed by atoms with E-state index < -0.39 is 5.97 Å². The number of hydrogen-bond donors (Lipinski definition) is 1. The van der Waals surface area contributed by atoms with Crippen LogP contribution in [0.15, 0.2) is 24.3 Å². The first kappa shape index (κ1) is 12.6. The average Bonchev–Trinajstić information content (AvgIpc) is 2.74. The Labute approximate surface area is 109 Å². The van der Waals surface area contributed by atoms with Crippen molar-refractivity contribution in [2.24, 2.45) is 0 Å². The van der Waals surface area contributed by atoms with Gasteiger partial charge < -0.3 is 5.11 Å². The smallest absolute Gasteiger partial charge is 0.358 e. The van der Waals surface area contributed by atoms with E-state index in [-0.39, 0.29) is 11.6 Å². The van der Waals surface area contributed by atoms with Crippen molar-refractivity contribution in [1.82, 2.24) is 15.0 Å². The number of aromatic nitrogens is 3. The van der Waals surface area contributed by atoms with E-state index in [0.717, 1.165) is 5.69 Å². The maximum atomic E-state index is 11.1. The van der Waals surface area contributed by atoms with Crippen molar-refractivity contribution in [2.75, 3.05) is 0 Å². The van der Waals surface area contributed by atoms with Crippen LogP contribution in [0.25, 0.3) is 5.69 Å². The van der Waals surface area contributed by atoms with E-state index in [4.69, 9.17) is 16.7 Å². The zero-order valence-electron chi connectivity index (χ0n) is 9.96. The monoisotopic (exact) mass is 265 g/mol. The van der Waals surface area contributed by atoms with Gasteiger partial charge in [0.1, 0.15) is 0 Å². The first-order valence-corrected chi connectivity index (χ1v) is 5.83. The fraction of sp³-hybridized carbons (Fsp3) is 0.250. The number of rotatable bonds is 3. The lowest BCUT2D eigenvalue weighted by Gasteiger charge is -2.09. The number of hydrogen-bond acceptors (Lipinski definition) is 3. The molecule has 0 aliphatic heterocycles. The topological polar surface area (TPSA) is 68.0 Å². The van der Waals surface area contributed by atoms with Crippen LogP contribution in [0.3, 0.4) is 0 Å². The van der Waals surface area contributed by atoms with E-state index in [2.05, 4.69) is 10.3 Å². The second kappa shape index (κ2) is 4.78. The van der Waals surface area contributed by atoms with Crippen molar-refractivity contribution in [1.29, 1.82) is 0 Å². The molecule has 0 spiro atoms. The lowest BCUT2D eigenvalue weighted by Crippen LogP contribution is -2.08. The van der Waals surface area contributed by atoms with Crippen molar-refractivity contribution in [3.8, 4) is 5.69 Å². The van der Waals surface area contributed by atoms with Crippen molar-refractivity contribution >= 4 is 17.6 Å². The number of benzene rings is 1. The Morgan fingerprint density at radius 3 is 2.44 bits per heavy atom. The molecule has 0 fully saturated rings. The maximum absolute atomic E-state index is 11.1. The standard InChI is InChI=1S/C12H12ClN3O2/c1-7(2)11-10(12(17)18)14-15-16(11)9-5-3-8(13)4-6-9/h3-7H,1-2H3,(H,17,18). The highest BCUT2D eigenvalue weighted by Crippen LogP contribution is 2.22. The van der Waals surface area contributed by atoms with Crippen LogP contribution in [0.4, 0.5) is 0 Å². The lowest BCUT2D eigenvalue weighted by molar-refractivity contribution is 0.0688. The molecule has 5 nitrogen and oxygen atoms in total. The number of carbonyl (C=O) groups is 1. The maximum Gasteiger partial charge on any atom is 0.358 e. The Kier molecular flexibility index (Phi) is 3.34. The number of carboxylic acid groups (broad SMARTS) is 1. The number of aromatic carboxylic acids is 1. The van der Waals surface area contributed by atoms with Crippen molar-refractivity contribution < 1.29 is 9.90 Å². The molecule has 2 aromatic rings. The molecule has 0 aliphatic rings. The summed E-state index contributed by atoms with van der Waals surface area (Å²) in [5.41, 5.74) is 1.30. The van der Waals surface area contributed by atoms with E-state index in [1.54, 1.807) is 24.3 Å². The molecular weight excluding hydrogens is 254 g/mol. The van der Waals surface area contributed by atoms with Gasteiger partial charge in [0.2, 0.25) is 0 Å². The van der Waals surface area contributed by atoms with Crippen molar-refractivity contribution in [2.45, 2.75) is 19.8 Å². The molecule has 0 radical (unpaired) electrons. The molecule has 18 heavy (non-hydrogen) atoms. The van der Waals surface area contributed by atoms with Crippen LogP contribution in [-0.2, 0) is 0 Å². The zero-order chi connectivity index (χ0) is 13.3. The van der Waals surface area contributed by atoms with Gasteiger partial charge >= 0.3 is 5.97 Å². The molecule has 1 N–H and O–H groups in total. The van der Waals surface area contributed by atoms with Crippen LogP contribution < -0.4 is 0 Å². The molecule has 2 rings (SSSR count). The van der Waals surface area contributed by atoms with Crippen LogP contribution in [0, 0.1) is 0 Å². The van der Waals surface area contributed by atoms with Crippen LogP contribution in [-0.4, -0.2) is 26.1 Å². The van der Waals surface area contributed by atoms with Crippen LogP contribution in [0.5, 0.6) is 0 Å². The molecule has 1 aromatic heterocycles. The Morgan fingerprint density at radius 2 is 1.94 bits per heavy atom. The van der Waals surface area contributed by atoms with E-state index in [1.165, 1.54) is 4.68 Å². The lowest BCUT2D eigenvalue weighted by atomic mass is 10.1. The molecule has 6 heteroatoms. The molecule has 1 aromatic carbocycles. The summed E-state index contributed by atoms with van der Waals surface area (Å²) in [4.78, 5) is 11.1. The zero-order valence-corrected chi connectivity index (χ0v) is 10.7. The summed E-state index contributed by atoms with van der Waals surface area (Å²) in [7, 11) is 0. The van der Waals surface area contributed by atoms with E-state index in [9.17, 15) is 4.79 Å². The van der Waals surface area contributed by atoms with Crippen molar-refractivity contribution in [3.05, 3.63) is 40.7 Å². The molecule has 0 amide bonds. The fourth-order valence-corrected chi connectivity index (χ4v) is 1.86. The van der Waals surface area contributed by atoms with Gasteiger partial charge in [0, 0.05) is 5.02 Å². The quantitative estimate of drug-likeness (QED) is 0.926. The minimum atomic E-state index is -1.07. The summed E-state index contributed by atoms with van der Waals surface area (Å²) in [6.45, 7) is 3.80. The largest absolute Gasteiger partial charge is 0.476 e. The predicted molar refractivity (Wildman–Crippen MR) is 67.4 cm³/mol. The third-order valence-electron chi connectivity index (χ3n) is 2.53. The minimum absolute atomic E-state index is 0.00165. The third-order valence-corrected chi connectivity index (χ3v) is 2.78. The highest BCUT2D eigenvalue weighted by molar-refractivity contribution is 6.30. The van der Waals surface area contributed by atoms with Crippen molar-refractivity contribution in [3.63, 3.8) is 0 Å². The first-order chi connectivity index (χ1) is 8.50. The Balaban J connectivity index is 2.57. The van der Waals surface area contributed by atoms with E-state index in [1.807, 2.05) is 13.8 Å². The summed E-state index contributed by atoms with van der Waals surface area (Å²) >= 11 is 5.82. The number of nitrogens with zero attached hydrogens (tertiary/aromatic N) is 3. The predicted octanol–water partition coefficient (Wildman–Crippen LogP) is 2.74.